The minimum Gasteiger partial charge on any atom is -0.350 e. The first kappa shape index (κ1) is 32.3. The van der Waals surface area contributed by atoms with E-state index in [1.165, 1.54) is 4.90 Å². The molecule has 3 aromatic carbocycles. The molecule has 2 amide bonds. The average molecular weight is 643 g/mol. The number of anilines is 1. The first-order valence-corrected chi connectivity index (χ1v) is 15.9. The van der Waals surface area contributed by atoms with Crippen molar-refractivity contribution in [2.45, 2.75) is 77.4 Å². The third kappa shape index (κ3) is 8.66. The summed E-state index contributed by atoms with van der Waals surface area (Å²) < 4.78 is 29.9. The van der Waals surface area contributed by atoms with Gasteiger partial charge in [-0.05, 0) is 88.1 Å². The van der Waals surface area contributed by atoms with Gasteiger partial charge >= 0.3 is 0 Å². The molecule has 7 nitrogen and oxygen atoms in total. The van der Waals surface area contributed by atoms with Gasteiger partial charge in [0.05, 0.1) is 10.6 Å². The van der Waals surface area contributed by atoms with Crippen molar-refractivity contribution in [3.8, 4) is 0 Å². The Labute approximate surface area is 253 Å². The number of amides is 2. The second-order valence-electron chi connectivity index (χ2n) is 11.6. The molecule has 3 rings (SSSR count). The van der Waals surface area contributed by atoms with Gasteiger partial charge < -0.3 is 10.2 Å². The molecule has 0 aliphatic heterocycles. The maximum absolute atomic E-state index is 14.1. The Morgan fingerprint density at radius 2 is 1.54 bits per heavy atom. The Morgan fingerprint density at radius 3 is 2.07 bits per heavy atom. The normalized spacial score (nSPS) is 12.6. The van der Waals surface area contributed by atoms with Gasteiger partial charge in [0.15, 0.2) is 0 Å². The van der Waals surface area contributed by atoms with E-state index in [2.05, 4.69) is 35.1 Å². The highest BCUT2D eigenvalue weighted by atomic mass is 79.9. The zero-order chi connectivity index (χ0) is 30.5. The molecule has 220 valence electrons. The standard InChI is InChI=1S/C32H40BrN3O4S/c1-22(2)26-13-15-28(16-14-26)36(41(39,40)29-17-11-23(3)12-18-29)21-30(37)35(20-25-9-8-10-27(33)19-25)24(4)31(38)34-32(5,6)7/h8-19,22,24H,20-21H2,1-7H3,(H,34,38)/t24-/m1/s1. The van der Waals surface area contributed by atoms with Crippen LogP contribution in [0.5, 0.6) is 0 Å². The predicted molar refractivity (Wildman–Crippen MR) is 168 cm³/mol. The third-order valence-electron chi connectivity index (χ3n) is 6.64. The predicted octanol–water partition coefficient (Wildman–Crippen LogP) is 6.41. The van der Waals surface area contributed by atoms with Crippen molar-refractivity contribution < 1.29 is 18.0 Å². The molecule has 0 radical (unpaired) electrons. The van der Waals surface area contributed by atoms with Crippen LogP contribution in [0.1, 0.15) is 64.2 Å². The molecule has 0 fully saturated rings. The fourth-order valence-corrected chi connectivity index (χ4v) is 6.14. The van der Waals surface area contributed by atoms with Gasteiger partial charge in [-0.2, -0.15) is 0 Å². The number of carbonyl (C=O) groups excluding carboxylic acids is 2. The van der Waals surface area contributed by atoms with Crippen LogP contribution in [0.4, 0.5) is 5.69 Å². The van der Waals surface area contributed by atoms with Crippen LogP contribution in [-0.4, -0.2) is 43.3 Å². The smallest absolute Gasteiger partial charge is 0.264 e. The summed E-state index contributed by atoms with van der Waals surface area (Å²) in [4.78, 5) is 28.8. The summed E-state index contributed by atoms with van der Waals surface area (Å²) in [6, 6.07) is 20.4. The Kier molecular flexibility index (Phi) is 10.4. The van der Waals surface area contributed by atoms with Gasteiger partial charge in [-0.25, -0.2) is 8.42 Å². The molecule has 0 spiro atoms. The second kappa shape index (κ2) is 13.2. The minimum atomic E-state index is -4.11. The lowest BCUT2D eigenvalue weighted by molar-refractivity contribution is -0.140. The van der Waals surface area contributed by atoms with E-state index in [-0.39, 0.29) is 23.3 Å². The van der Waals surface area contributed by atoms with Crippen LogP contribution in [0.15, 0.2) is 82.2 Å². The largest absolute Gasteiger partial charge is 0.350 e. The van der Waals surface area contributed by atoms with Gasteiger partial charge in [0.2, 0.25) is 11.8 Å². The van der Waals surface area contributed by atoms with Crippen molar-refractivity contribution in [3.63, 3.8) is 0 Å². The van der Waals surface area contributed by atoms with Crippen LogP contribution in [0.2, 0.25) is 0 Å². The number of rotatable bonds is 10. The number of aryl methyl sites for hydroxylation is 1. The number of hydrogen-bond donors (Lipinski definition) is 1. The molecule has 41 heavy (non-hydrogen) atoms. The Morgan fingerprint density at radius 1 is 0.927 bits per heavy atom. The first-order chi connectivity index (χ1) is 19.1. The van der Waals surface area contributed by atoms with Crippen LogP contribution >= 0.6 is 15.9 Å². The summed E-state index contributed by atoms with van der Waals surface area (Å²) in [5, 5.41) is 2.94. The number of sulfonamides is 1. The molecule has 0 aromatic heterocycles. The van der Waals surface area contributed by atoms with Gasteiger partial charge in [0, 0.05) is 16.6 Å². The summed E-state index contributed by atoms with van der Waals surface area (Å²) in [6.07, 6.45) is 0. The van der Waals surface area contributed by atoms with E-state index in [9.17, 15) is 18.0 Å². The fourth-order valence-electron chi connectivity index (χ4n) is 4.28. The molecule has 3 aromatic rings. The molecule has 0 heterocycles. The lowest BCUT2D eigenvalue weighted by Crippen LogP contribution is -2.54. The summed E-state index contributed by atoms with van der Waals surface area (Å²) in [5.74, 6) is -0.559. The Bertz CT molecular complexity index is 1460. The van der Waals surface area contributed by atoms with Gasteiger partial charge in [-0.15, -0.1) is 0 Å². The molecule has 9 heteroatoms. The van der Waals surface area contributed by atoms with Crippen molar-refractivity contribution >= 4 is 43.5 Å². The molecule has 0 aliphatic carbocycles. The van der Waals surface area contributed by atoms with Gasteiger partial charge in [-0.3, -0.25) is 13.9 Å². The van der Waals surface area contributed by atoms with Crippen molar-refractivity contribution in [1.29, 1.82) is 0 Å². The number of halogens is 1. The maximum Gasteiger partial charge on any atom is 0.264 e. The van der Waals surface area contributed by atoms with Gasteiger partial charge in [0.25, 0.3) is 10.0 Å². The number of nitrogens with one attached hydrogen (secondary N) is 1. The average Bonchev–Trinajstić information content (AvgIpc) is 2.89. The van der Waals surface area contributed by atoms with E-state index in [0.29, 0.717) is 5.69 Å². The highest BCUT2D eigenvalue weighted by molar-refractivity contribution is 9.10. The molecular weight excluding hydrogens is 602 g/mol. The monoisotopic (exact) mass is 641 g/mol. The lowest BCUT2D eigenvalue weighted by atomic mass is 10.0. The summed E-state index contributed by atoms with van der Waals surface area (Å²) in [7, 11) is -4.11. The van der Waals surface area contributed by atoms with Crippen molar-refractivity contribution in [2.24, 2.45) is 0 Å². The van der Waals surface area contributed by atoms with E-state index < -0.39 is 34.1 Å². The minimum absolute atomic E-state index is 0.0842. The molecule has 0 aliphatic rings. The Hall–Kier alpha value is -3.17. The molecule has 0 saturated heterocycles. The topological polar surface area (TPSA) is 86.8 Å². The van der Waals surface area contributed by atoms with Crippen molar-refractivity contribution in [2.75, 3.05) is 10.8 Å². The van der Waals surface area contributed by atoms with Crippen LogP contribution in [0.3, 0.4) is 0 Å². The van der Waals surface area contributed by atoms with Gasteiger partial charge in [-0.1, -0.05) is 71.7 Å². The highest BCUT2D eigenvalue weighted by Crippen LogP contribution is 2.27. The Balaban J connectivity index is 2.06. The molecular formula is C32H40BrN3O4S. The van der Waals surface area contributed by atoms with Crippen molar-refractivity contribution in [3.05, 3.63) is 94.0 Å². The van der Waals surface area contributed by atoms with E-state index in [1.54, 1.807) is 43.3 Å². The molecule has 0 unspecified atom stereocenters. The summed E-state index contributed by atoms with van der Waals surface area (Å²) in [5.41, 5.74) is 2.65. The number of benzene rings is 3. The van der Waals surface area contributed by atoms with E-state index >= 15 is 0 Å². The number of hydrogen-bond acceptors (Lipinski definition) is 4. The highest BCUT2D eigenvalue weighted by Gasteiger charge is 2.33. The zero-order valence-corrected chi connectivity index (χ0v) is 27.2. The third-order valence-corrected chi connectivity index (χ3v) is 8.92. The SMILES string of the molecule is Cc1ccc(S(=O)(=O)N(CC(=O)N(Cc2cccc(Br)c2)[C@H](C)C(=O)NC(C)(C)C)c2ccc(C(C)C)cc2)cc1. The zero-order valence-electron chi connectivity index (χ0n) is 24.8. The lowest BCUT2D eigenvalue weighted by Gasteiger charge is -2.33. The van der Waals surface area contributed by atoms with E-state index in [0.717, 1.165) is 25.5 Å². The number of carbonyl (C=O) groups is 2. The van der Waals surface area contributed by atoms with Crippen LogP contribution in [0.25, 0.3) is 0 Å². The first-order valence-electron chi connectivity index (χ1n) is 13.6. The summed E-state index contributed by atoms with van der Waals surface area (Å²) in [6.45, 7) is 12.9. The van der Waals surface area contributed by atoms with Crippen molar-refractivity contribution in [1.82, 2.24) is 10.2 Å². The second-order valence-corrected chi connectivity index (χ2v) is 14.4. The fraction of sp³-hybridized carbons (Fsp3) is 0.375. The molecule has 0 bridgehead atoms. The van der Waals surface area contributed by atoms with Crippen LogP contribution in [-0.2, 0) is 26.2 Å². The summed E-state index contributed by atoms with van der Waals surface area (Å²) >= 11 is 3.47. The van der Waals surface area contributed by atoms with E-state index in [1.807, 2.05) is 64.1 Å². The van der Waals surface area contributed by atoms with Crippen LogP contribution in [0, 0.1) is 6.92 Å². The van der Waals surface area contributed by atoms with Gasteiger partial charge in [0.1, 0.15) is 12.6 Å². The molecule has 1 atom stereocenters. The quantitative estimate of drug-likeness (QED) is 0.277. The molecule has 0 saturated carbocycles. The molecule has 1 N–H and O–H groups in total. The maximum atomic E-state index is 14.1. The van der Waals surface area contributed by atoms with E-state index in [4.69, 9.17) is 0 Å². The van der Waals surface area contributed by atoms with Crippen LogP contribution < -0.4 is 9.62 Å². The number of nitrogens with zero attached hydrogens (tertiary/aromatic N) is 2.